The topological polar surface area (TPSA) is 46.1 Å². The summed E-state index contributed by atoms with van der Waals surface area (Å²) in [7, 11) is 2.22. The summed E-state index contributed by atoms with van der Waals surface area (Å²) >= 11 is 0. The van der Waals surface area contributed by atoms with E-state index in [-0.39, 0.29) is 0 Å². The molecule has 0 spiro atoms. The van der Waals surface area contributed by atoms with Gasteiger partial charge in [0.05, 0.1) is 0 Å². The molecule has 1 saturated heterocycles. The van der Waals surface area contributed by atoms with Gasteiger partial charge in [-0.25, -0.2) is 0 Å². The van der Waals surface area contributed by atoms with Crippen LogP contribution in [-0.2, 0) is 0 Å². The highest BCUT2D eigenvalue weighted by Gasteiger charge is 2.13. The van der Waals surface area contributed by atoms with E-state index in [1.54, 1.807) is 0 Å². The highest BCUT2D eigenvalue weighted by Crippen LogP contribution is 2.05. The van der Waals surface area contributed by atoms with Crippen molar-refractivity contribution in [3.05, 3.63) is 0 Å². The molecule has 0 aliphatic carbocycles. The number of nitrogens with zero attached hydrogens (tertiary/aromatic N) is 4. The maximum atomic E-state index is 4.76. The van der Waals surface area contributed by atoms with Gasteiger partial charge in [-0.1, -0.05) is 0 Å². The maximum Gasteiger partial charge on any atom is 0.191 e. The molecule has 1 heterocycles. The van der Waals surface area contributed by atoms with Crippen LogP contribution in [0, 0.1) is 0 Å². The molecule has 26 heavy (non-hydrogen) atoms. The van der Waals surface area contributed by atoms with E-state index < -0.39 is 0 Å². The number of nitrogens with one attached hydrogen (secondary N) is 2. The molecule has 0 atom stereocenters. The van der Waals surface area contributed by atoms with Crippen LogP contribution in [0.2, 0.25) is 0 Å². The number of hydrogen-bond donors (Lipinski definition) is 2. The molecule has 1 aliphatic rings. The van der Waals surface area contributed by atoms with Gasteiger partial charge in [-0.15, -0.1) is 0 Å². The van der Waals surface area contributed by atoms with Crippen molar-refractivity contribution in [1.82, 2.24) is 25.3 Å². The summed E-state index contributed by atoms with van der Waals surface area (Å²) in [5.74, 6) is 0.958. The third-order valence-corrected chi connectivity index (χ3v) is 5.05. The van der Waals surface area contributed by atoms with Crippen LogP contribution in [0.4, 0.5) is 0 Å². The van der Waals surface area contributed by atoms with E-state index in [0.29, 0.717) is 12.1 Å². The van der Waals surface area contributed by atoms with Gasteiger partial charge in [-0.05, 0) is 67.6 Å². The highest BCUT2D eigenvalue weighted by atomic mass is 15.2. The molecule has 154 valence electrons. The van der Waals surface area contributed by atoms with Crippen LogP contribution < -0.4 is 10.6 Å². The van der Waals surface area contributed by atoms with E-state index in [0.717, 1.165) is 45.1 Å². The smallest absolute Gasteiger partial charge is 0.191 e. The quantitative estimate of drug-likeness (QED) is 0.349. The van der Waals surface area contributed by atoms with Crippen LogP contribution in [0.15, 0.2) is 4.99 Å². The summed E-state index contributed by atoms with van der Waals surface area (Å²) in [6.45, 7) is 20.9. The van der Waals surface area contributed by atoms with Crippen molar-refractivity contribution in [2.24, 2.45) is 4.99 Å². The zero-order valence-electron chi connectivity index (χ0n) is 18.2. The average molecular weight is 369 g/mol. The molecule has 1 fully saturated rings. The Labute approximate surface area is 162 Å². The number of rotatable bonds is 10. The molecule has 1 aliphatic heterocycles. The SMILES string of the molecule is CCNC(=NCCCN(C(C)C)C(C)C)NCCN1CCCN(C)CC1. The first kappa shape index (κ1) is 23.2. The first-order chi connectivity index (χ1) is 12.4. The molecular formula is C20H44N6. The minimum Gasteiger partial charge on any atom is -0.357 e. The number of guanidine groups is 1. The lowest BCUT2D eigenvalue weighted by molar-refractivity contribution is 0.174. The normalized spacial score (nSPS) is 18.0. The maximum absolute atomic E-state index is 4.76. The van der Waals surface area contributed by atoms with Gasteiger partial charge in [0.15, 0.2) is 5.96 Å². The Morgan fingerprint density at radius 1 is 1.04 bits per heavy atom. The molecule has 0 radical (unpaired) electrons. The summed E-state index contributed by atoms with van der Waals surface area (Å²) in [6, 6.07) is 1.19. The lowest BCUT2D eigenvalue weighted by Crippen LogP contribution is -2.42. The van der Waals surface area contributed by atoms with E-state index >= 15 is 0 Å². The van der Waals surface area contributed by atoms with E-state index in [4.69, 9.17) is 4.99 Å². The molecule has 0 aromatic heterocycles. The van der Waals surface area contributed by atoms with Gasteiger partial charge in [0, 0.05) is 57.9 Å². The predicted molar refractivity (Wildman–Crippen MR) is 114 cm³/mol. The second-order valence-corrected chi connectivity index (χ2v) is 7.96. The molecule has 0 saturated carbocycles. The van der Waals surface area contributed by atoms with Gasteiger partial charge >= 0.3 is 0 Å². The average Bonchev–Trinajstić information content (AvgIpc) is 2.78. The van der Waals surface area contributed by atoms with Crippen LogP contribution in [0.25, 0.3) is 0 Å². The fraction of sp³-hybridized carbons (Fsp3) is 0.950. The van der Waals surface area contributed by atoms with Crippen molar-refractivity contribution in [3.8, 4) is 0 Å². The van der Waals surface area contributed by atoms with E-state index in [9.17, 15) is 0 Å². The van der Waals surface area contributed by atoms with Crippen LogP contribution in [0.3, 0.4) is 0 Å². The molecule has 2 N–H and O–H groups in total. The van der Waals surface area contributed by atoms with Gasteiger partial charge in [-0.3, -0.25) is 9.89 Å². The molecule has 6 nitrogen and oxygen atoms in total. The van der Waals surface area contributed by atoms with Gasteiger partial charge in [0.2, 0.25) is 0 Å². The Hall–Kier alpha value is -0.850. The molecule has 1 rings (SSSR count). The molecular weight excluding hydrogens is 324 g/mol. The van der Waals surface area contributed by atoms with Gasteiger partial charge < -0.3 is 20.4 Å². The number of likely N-dealkylation sites (N-methyl/N-ethyl adjacent to an activating group) is 1. The van der Waals surface area contributed by atoms with Crippen molar-refractivity contribution in [1.29, 1.82) is 0 Å². The molecule has 0 amide bonds. The van der Waals surface area contributed by atoms with E-state index in [1.807, 2.05) is 0 Å². The Kier molecular flexibility index (Phi) is 11.9. The first-order valence-electron chi connectivity index (χ1n) is 10.6. The lowest BCUT2D eigenvalue weighted by Gasteiger charge is -2.30. The highest BCUT2D eigenvalue weighted by molar-refractivity contribution is 5.79. The van der Waals surface area contributed by atoms with Gasteiger partial charge in [-0.2, -0.15) is 0 Å². The van der Waals surface area contributed by atoms with Crippen LogP contribution in [0.1, 0.15) is 47.5 Å². The number of hydrogen-bond acceptors (Lipinski definition) is 4. The van der Waals surface area contributed by atoms with E-state index in [1.165, 1.54) is 32.6 Å². The van der Waals surface area contributed by atoms with Crippen molar-refractivity contribution >= 4 is 5.96 Å². The Balaban J connectivity index is 2.31. The van der Waals surface area contributed by atoms with Gasteiger partial charge in [0.1, 0.15) is 0 Å². The summed E-state index contributed by atoms with van der Waals surface area (Å²) in [5, 5.41) is 6.88. The minimum atomic E-state index is 0.595. The second-order valence-electron chi connectivity index (χ2n) is 7.96. The zero-order chi connectivity index (χ0) is 19.4. The van der Waals surface area contributed by atoms with Gasteiger partial charge in [0.25, 0.3) is 0 Å². The minimum absolute atomic E-state index is 0.595. The predicted octanol–water partition coefficient (Wildman–Crippen LogP) is 1.69. The summed E-state index contributed by atoms with van der Waals surface area (Å²) in [5.41, 5.74) is 0. The number of aliphatic imine (C=N–C) groups is 1. The van der Waals surface area contributed by atoms with Crippen LogP contribution in [0.5, 0.6) is 0 Å². The van der Waals surface area contributed by atoms with E-state index in [2.05, 4.69) is 67.0 Å². The summed E-state index contributed by atoms with van der Waals surface area (Å²) < 4.78 is 0. The molecule has 0 aromatic rings. The summed E-state index contributed by atoms with van der Waals surface area (Å²) in [4.78, 5) is 12.3. The van der Waals surface area contributed by atoms with Crippen LogP contribution >= 0.6 is 0 Å². The Morgan fingerprint density at radius 3 is 2.42 bits per heavy atom. The third-order valence-electron chi connectivity index (χ3n) is 5.05. The molecule has 6 heteroatoms. The standard InChI is InChI=1S/C20H44N6/c1-7-21-20(22-10-8-14-26(18(2)3)19(4)5)23-11-15-25-13-9-12-24(6)16-17-25/h18-19H,7-17H2,1-6H3,(H2,21,22,23). The van der Waals surface area contributed by atoms with Crippen molar-refractivity contribution in [3.63, 3.8) is 0 Å². The summed E-state index contributed by atoms with van der Waals surface area (Å²) in [6.07, 6.45) is 2.37. The lowest BCUT2D eigenvalue weighted by atomic mass is 10.2. The second kappa shape index (κ2) is 13.3. The van der Waals surface area contributed by atoms with Crippen molar-refractivity contribution in [2.75, 3.05) is 66.0 Å². The third kappa shape index (κ3) is 9.74. The molecule has 0 aromatic carbocycles. The molecule has 0 bridgehead atoms. The Morgan fingerprint density at radius 2 is 1.77 bits per heavy atom. The fourth-order valence-electron chi connectivity index (χ4n) is 3.55. The first-order valence-corrected chi connectivity index (χ1v) is 10.6. The van der Waals surface area contributed by atoms with Crippen LogP contribution in [-0.4, -0.2) is 98.7 Å². The largest absolute Gasteiger partial charge is 0.357 e. The monoisotopic (exact) mass is 368 g/mol. The van der Waals surface area contributed by atoms with Crippen molar-refractivity contribution < 1.29 is 0 Å². The fourth-order valence-corrected chi connectivity index (χ4v) is 3.55. The molecule has 0 unspecified atom stereocenters. The zero-order valence-corrected chi connectivity index (χ0v) is 18.2. The van der Waals surface area contributed by atoms with Crippen molar-refractivity contribution in [2.45, 2.75) is 59.5 Å². The Bertz CT molecular complexity index is 374.